The molecule has 0 spiro atoms. The summed E-state index contributed by atoms with van der Waals surface area (Å²) in [5.41, 5.74) is 3.69. The topological polar surface area (TPSA) is 56.6 Å². The molecule has 0 fully saturated rings. The minimum Gasteiger partial charge on any atom is -0.493 e. The van der Waals surface area contributed by atoms with Crippen LogP contribution in [0.4, 0.5) is 5.82 Å². The van der Waals surface area contributed by atoms with E-state index in [2.05, 4.69) is 20.8 Å². The normalized spacial score (nSPS) is 13.5. The van der Waals surface area contributed by atoms with E-state index >= 15 is 0 Å². The van der Waals surface area contributed by atoms with E-state index < -0.39 is 0 Å². The van der Waals surface area contributed by atoms with E-state index in [0.29, 0.717) is 24.5 Å². The molecule has 4 rings (SSSR count). The van der Waals surface area contributed by atoms with Crippen LogP contribution in [0.25, 0.3) is 5.69 Å². The predicted molar refractivity (Wildman–Crippen MR) is 117 cm³/mol. The minimum absolute atomic E-state index is 0.0383. The largest absolute Gasteiger partial charge is 0.493 e. The third-order valence-corrected chi connectivity index (χ3v) is 5.39. The van der Waals surface area contributed by atoms with Gasteiger partial charge in [-0.25, -0.2) is 4.68 Å². The van der Waals surface area contributed by atoms with Gasteiger partial charge in [0.1, 0.15) is 5.82 Å². The number of hydrogen-bond donors (Lipinski definition) is 0. The summed E-state index contributed by atoms with van der Waals surface area (Å²) in [6, 6.07) is 15.7. The molecule has 30 heavy (non-hydrogen) atoms. The Morgan fingerprint density at radius 3 is 2.43 bits per heavy atom. The van der Waals surface area contributed by atoms with E-state index in [1.165, 1.54) is 0 Å². The van der Waals surface area contributed by atoms with Crippen LogP contribution in [0.15, 0.2) is 48.5 Å². The summed E-state index contributed by atoms with van der Waals surface area (Å²) >= 11 is 0. The lowest BCUT2D eigenvalue weighted by molar-refractivity contribution is -0.118. The van der Waals surface area contributed by atoms with Crippen LogP contribution in [-0.2, 0) is 23.2 Å². The highest BCUT2D eigenvalue weighted by Gasteiger charge is 2.30. The number of amides is 1. The van der Waals surface area contributed by atoms with Crippen molar-refractivity contribution in [3.05, 3.63) is 65.4 Å². The average molecular weight is 405 g/mol. The van der Waals surface area contributed by atoms with Crippen molar-refractivity contribution in [2.45, 2.75) is 39.2 Å². The number of methoxy groups -OCH3 is 2. The molecule has 0 unspecified atom stereocenters. The molecular formula is C24H27N3O3. The van der Waals surface area contributed by atoms with Gasteiger partial charge in [0.15, 0.2) is 11.5 Å². The van der Waals surface area contributed by atoms with Gasteiger partial charge in [-0.1, -0.05) is 45.0 Å². The average Bonchev–Trinajstić information content (AvgIpc) is 3.13. The number of hydrogen-bond acceptors (Lipinski definition) is 4. The van der Waals surface area contributed by atoms with Gasteiger partial charge in [-0.3, -0.25) is 9.69 Å². The van der Waals surface area contributed by atoms with Gasteiger partial charge in [0, 0.05) is 11.5 Å². The van der Waals surface area contributed by atoms with Crippen LogP contribution >= 0.6 is 0 Å². The Morgan fingerprint density at radius 1 is 1.00 bits per heavy atom. The van der Waals surface area contributed by atoms with Gasteiger partial charge in [0.25, 0.3) is 0 Å². The molecule has 3 aromatic rings. The fourth-order valence-electron chi connectivity index (χ4n) is 3.69. The summed E-state index contributed by atoms with van der Waals surface area (Å²) in [4.78, 5) is 15.1. The first kappa shape index (κ1) is 20.0. The van der Waals surface area contributed by atoms with E-state index in [9.17, 15) is 4.79 Å². The van der Waals surface area contributed by atoms with Gasteiger partial charge >= 0.3 is 0 Å². The molecule has 0 saturated heterocycles. The molecule has 0 saturated carbocycles. The highest BCUT2D eigenvalue weighted by molar-refractivity contribution is 5.96. The maximum atomic E-state index is 13.3. The second kappa shape index (κ2) is 7.52. The van der Waals surface area contributed by atoms with E-state index in [1.54, 1.807) is 14.2 Å². The van der Waals surface area contributed by atoms with Gasteiger partial charge < -0.3 is 9.47 Å². The van der Waals surface area contributed by atoms with Crippen LogP contribution in [-0.4, -0.2) is 29.9 Å². The molecule has 0 bridgehead atoms. The zero-order valence-electron chi connectivity index (χ0n) is 18.1. The van der Waals surface area contributed by atoms with Crippen LogP contribution in [0, 0.1) is 0 Å². The SMILES string of the molecule is COc1ccc(CN2C(=O)Cc3ccccc3-n3nc(C(C)(C)C)cc32)cc1OC. The standard InChI is InChI=1S/C24H27N3O3/c1-24(2,3)21-14-22-26(15-16-10-11-19(29-4)20(12-16)30-5)23(28)13-17-8-6-7-9-18(17)27(22)25-21/h6-12,14H,13,15H2,1-5H3. The molecule has 1 aliphatic heterocycles. The van der Waals surface area contributed by atoms with Crippen molar-refractivity contribution in [2.24, 2.45) is 0 Å². The summed E-state index contributed by atoms with van der Waals surface area (Å²) in [6.45, 7) is 6.80. The van der Waals surface area contributed by atoms with Crippen molar-refractivity contribution in [3.8, 4) is 17.2 Å². The van der Waals surface area contributed by atoms with Crippen molar-refractivity contribution in [1.29, 1.82) is 0 Å². The number of ether oxygens (including phenoxy) is 2. The third kappa shape index (κ3) is 3.54. The maximum Gasteiger partial charge on any atom is 0.232 e. The molecule has 0 N–H and O–H groups in total. The van der Waals surface area contributed by atoms with Gasteiger partial charge in [0.05, 0.1) is 38.6 Å². The first-order valence-electron chi connectivity index (χ1n) is 10.0. The Labute approximate surface area is 177 Å². The van der Waals surface area contributed by atoms with E-state index in [-0.39, 0.29) is 11.3 Å². The minimum atomic E-state index is -0.133. The fraction of sp³-hybridized carbons (Fsp3) is 0.333. The summed E-state index contributed by atoms with van der Waals surface area (Å²) in [6.07, 6.45) is 0.331. The quantitative estimate of drug-likeness (QED) is 0.650. The number of benzene rings is 2. The van der Waals surface area contributed by atoms with Gasteiger partial charge in [-0.05, 0) is 29.3 Å². The highest BCUT2D eigenvalue weighted by Crippen LogP contribution is 2.34. The molecule has 1 aliphatic rings. The Kier molecular flexibility index (Phi) is 5.02. The molecule has 0 aliphatic carbocycles. The lowest BCUT2D eigenvalue weighted by Gasteiger charge is -2.21. The van der Waals surface area contributed by atoms with Crippen molar-refractivity contribution < 1.29 is 14.3 Å². The first-order chi connectivity index (χ1) is 14.3. The molecule has 2 heterocycles. The number of para-hydroxylation sites is 1. The van der Waals surface area contributed by atoms with Crippen LogP contribution in [0.1, 0.15) is 37.6 Å². The second-order valence-electron chi connectivity index (χ2n) is 8.52. The lowest BCUT2D eigenvalue weighted by atomic mass is 9.92. The summed E-state index contributed by atoms with van der Waals surface area (Å²) in [7, 11) is 3.22. The van der Waals surface area contributed by atoms with Crippen LogP contribution in [0.3, 0.4) is 0 Å². The van der Waals surface area contributed by atoms with Gasteiger partial charge in [-0.15, -0.1) is 0 Å². The highest BCUT2D eigenvalue weighted by atomic mass is 16.5. The Morgan fingerprint density at radius 2 is 1.73 bits per heavy atom. The van der Waals surface area contributed by atoms with Gasteiger partial charge in [0.2, 0.25) is 5.91 Å². The number of fused-ring (bicyclic) bond motifs is 3. The number of rotatable bonds is 4. The monoisotopic (exact) mass is 405 g/mol. The maximum absolute atomic E-state index is 13.3. The zero-order chi connectivity index (χ0) is 21.5. The molecule has 156 valence electrons. The lowest BCUT2D eigenvalue weighted by Crippen LogP contribution is -2.31. The van der Waals surface area contributed by atoms with Crippen LogP contribution in [0.2, 0.25) is 0 Å². The molecule has 0 radical (unpaired) electrons. The van der Waals surface area contributed by atoms with Crippen molar-refractivity contribution in [1.82, 2.24) is 9.78 Å². The van der Waals surface area contributed by atoms with E-state index in [0.717, 1.165) is 28.3 Å². The molecule has 1 amide bonds. The fourth-order valence-corrected chi connectivity index (χ4v) is 3.69. The summed E-state index contributed by atoms with van der Waals surface area (Å²) < 4.78 is 12.7. The Bertz CT molecular complexity index is 1100. The molecular weight excluding hydrogens is 378 g/mol. The zero-order valence-corrected chi connectivity index (χ0v) is 18.1. The third-order valence-electron chi connectivity index (χ3n) is 5.39. The number of anilines is 1. The molecule has 2 aromatic carbocycles. The van der Waals surface area contributed by atoms with Crippen molar-refractivity contribution >= 4 is 11.7 Å². The summed E-state index contributed by atoms with van der Waals surface area (Å²) in [5.74, 6) is 2.13. The Balaban J connectivity index is 1.82. The van der Waals surface area contributed by atoms with Gasteiger partial charge in [-0.2, -0.15) is 5.10 Å². The number of carbonyl (C=O) groups excluding carboxylic acids is 1. The predicted octanol–water partition coefficient (Wildman–Crippen LogP) is 4.28. The molecule has 0 atom stereocenters. The first-order valence-corrected chi connectivity index (χ1v) is 10.0. The van der Waals surface area contributed by atoms with Crippen LogP contribution < -0.4 is 14.4 Å². The van der Waals surface area contributed by atoms with Crippen molar-refractivity contribution in [3.63, 3.8) is 0 Å². The molecule has 1 aromatic heterocycles. The number of nitrogens with zero attached hydrogens (tertiary/aromatic N) is 3. The molecule has 6 nitrogen and oxygen atoms in total. The Hall–Kier alpha value is -3.28. The molecule has 6 heteroatoms. The van der Waals surface area contributed by atoms with Crippen LogP contribution in [0.5, 0.6) is 11.5 Å². The van der Waals surface area contributed by atoms with E-state index in [4.69, 9.17) is 14.6 Å². The summed E-state index contributed by atoms with van der Waals surface area (Å²) in [5, 5.41) is 4.89. The smallest absolute Gasteiger partial charge is 0.232 e. The van der Waals surface area contributed by atoms with Crippen molar-refractivity contribution in [2.75, 3.05) is 19.1 Å². The second-order valence-corrected chi connectivity index (χ2v) is 8.52. The van der Waals surface area contributed by atoms with E-state index in [1.807, 2.05) is 58.1 Å². The number of aromatic nitrogens is 2. The number of carbonyl (C=O) groups is 1.